The van der Waals surface area contributed by atoms with Gasteiger partial charge in [-0.3, -0.25) is 20.4 Å². The highest BCUT2D eigenvalue weighted by molar-refractivity contribution is 6.03. The number of anilines is 1. The molecule has 0 saturated carbocycles. The first-order valence-electron chi connectivity index (χ1n) is 9.22. The van der Waals surface area contributed by atoms with E-state index in [4.69, 9.17) is 11.1 Å². The summed E-state index contributed by atoms with van der Waals surface area (Å²) in [7, 11) is 0. The van der Waals surface area contributed by atoms with Gasteiger partial charge in [0.05, 0.1) is 5.69 Å². The first kappa shape index (κ1) is 19.8. The summed E-state index contributed by atoms with van der Waals surface area (Å²) in [6.45, 7) is 0. The van der Waals surface area contributed by atoms with Crippen LogP contribution in [0.2, 0.25) is 0 Å². The van der Waals surface area contributed by atoms with Gasteiger partial charge in [-0.1, -0.05) is 60.7 Å². The van der Waals surface area contributed by atoms with E-state index in [2.05, 4.69) is 5.43 Å². The Morgan fingerprint density at radius 2 is 1.48 bits per heavy atom. The molecule has 2 amide bonds. The van der Waals surface area contributed by atoms with Gasteiger partial charge in [-0.05, 0) is 36.2 Å². The molecule has 0 radical (unpaired) electrons. The molecule has 6 nitrogen and oxygen atoms in total. The van der Waals surface area contributed by atoms with Crippen molar-refractivity contribution < 1.29 is 9.59 Å². The van der Waals surface area contributed by atoms with Gasteiger partial charge >= 0.3 is 0 Å². The van der Waals surface area contributed by atoms with Crippen molar-refractivity contribution in [1.29, 1.82) is 5.41 Å². The molecule has 3 aromatic carbocycles. The maximum atomic E-state index is 12.9. The molecule has 0 atom stereocenters. The van der Waals surface area contributed by atoms with Crippen LogP contribution in [0.4, 0.5) is 5.69 Å². The molecule has 0 aliphatic rings. The standard InChI is InChI=1S/C23H22N4O2/c24-22(25)18-10-7-11-19(16-18)23(29)26-27(20-12-5-2-6-13-20)21(28)15-14-17-8-3-1-4-9-17/h1-13,16H,14-15H2,(H3,24,25)(H,26,29). The number of rotatable bonds is 6. The smallest absolute Gasteiger partial charge is 0.270 e. The van der Waals surface area contributed by atoms with Gasteiger partial charge in [0.25, 0.3) is 5.91 Å². The predicted molar refractivity (Wildman–Crippen MR) is 114 cm³/mol. The fourth-order valence-electron chi connectivity index (χ4n) is 2.85. The zero-order chi connectivity index (χ0) is 20.6. The zero-order valence-corrected chi connectivity index (χ0v) is 15.8. The Bertz CT molecular complexity index is 1000. The third-order valence-corrected chi connectivity index (χ3v) is 4.38. The van der Waals surface area contributed by atoms with Crippen LogP contribution in [0.25, 0.3) is 0 Å². The maximum absolute atomic E-state index is 12.9. The Balaban J connectivity index is 1.78. The van der Waals surface area contributed by atoms with E-state index in [1.165, 1.54) is 11.1 Å². The average Bonchev–Trinajstić information content (AvgIpc) is 2.77. The van der Waals surface area contributed by atoms with Gasteiger partial charge in [0.2, 0.25) is 5.91 Å². The van der Waals surface area contributed by atoms with Crippen LogP contribution in [0, 0.1) is 5.41 Å². The summed E-state index contributed by atoms with van der Waals surface area (Å²) in [6.07, 6.45) is 0.811. The first-order valence-corrected chi connectivity index (χ1v) is 9.22. The Morgan fingerprint density at radius 3 is 2.14 bits per heavy atom. The van der Waals surface area contributed by atoms with Gasteiger partial charge in [0, 0.05) is 17.5 Å². The molecule has 3 aromatic rings. The summed E-state index contributed by atoms with van der Waals surface area (Å²) in [5.74, 6) is -0.806. The van der Waals surface area contributed by atoms with E-state index in [1.807, 2.05) is 36.4 Å². The minimum Gasteiger partial charge on any atom is -0.384 e. The highest BCUT2D eigenvalue weighted by Gasteiger charge is 2.19. The lowest BCUT2D eigenvalue weighted by Gasteiger charge is -2.23. The number of benzene rings is 3. The molecule has 0 spiro atoms. The number of nitrogens with zero attached hydrogens (tertiary/aromatic N) is 1. The SMILES string of the molecule is N=C(N)c1cccc(C(=O)NN(C(=O)CCc2ccccc2)c2ccccc2)c1. The molecule has 0 unspecified atom stereocenters. The highest BCUT2D eigenvalue weighted by Crippen LogP contribution is 2.15. The molecule has 0 aliphatic heterocycles. The van der Waals surface area contributed by atoms with Gasteiger partial charge in [-0.15, -0.1) is 0 Å². The van der Waals surface area contributed by atoms with Crippen molar-refractivity contribution in [3.05, 3.63) is 102 Å². The van der Waals surface area contributed by atoms with E-state index >= 15 is 0 Å². The monoisotopic (exact) mass is 386 g/mol. The Kier molecular flexibility index (Phi) is 6.37. The average molecular weight is 386 g/mol. The van der Waals surface area contributed by atoms with Crippen LogP contribution in [-0.4, -0.2) is 17.6 Å². The number of amides is 2. The van der Waals surface area contributed by atoms with E-state index in [-0.39, 0.29) is 18.2 Å². The first-order chi connectivity index (χ1) is 14.0. The van der Waals surface area contributed by atoms with E-state index < -0.39 is 5.91 Å². The summed E-state index contributed by atoms with van der Waals surface area (Å²) in [6, 6.07) is 25.1. The number of hydrazine groups is 1. The number of nitrogens with two attached hydrogens (primary N) is 1. The number of carbonyl (C=O) groups is 2. The summed E-state index contributed by atoms with van der Waals surface area (Å²) in [4.78, 5) is 25.7. The third kappa shape index (κ3) is 5.29. The lowest BCUT2D eigenvalue weighted by molar-refractivity contribution is -0.119. The van der Waals surface area contributed by atoms with Crippen molar-refractivity contribution in [2.75, 3.05) is 5.01 Å². The number of hydrogen-bond acceptors (Lipinski definition) is 3. The Labute approximate surface area is 169 Å². The second kappa shape index (κ2) is 9.32. The number of hydrogen-bond donors (Lipinski definition) is 3. The lowest BCUT2D eigenvalue weighted by Crippen LogP contribution is -2.46. The van der Waals surface area contributed by atoms with Gasteiger partial charge in [-0.2, -0.15) is 0 Å². The maximum Gasteiger partial charge on any atom is 0.270 e. The van der Waals surface area contributed by atoms with Crippen LogP contribution < -0.4 is 16.2 Å². The molecule has 3 rings (SSSR count). The normalized spacial score (nSPS) is 10.2. The summed E-state index contributed by atoms with van der Waals surface area (Å²) in [5.41, 5.74) is 10.6. The van der Waals surface area contributed by atoms with Crippen LogP contribution in [0.1, 0.15) is 27.9 Å². The predicted octanol–water partition coefficient (Wildman–Crippen LogP) is 3.28. The highest BCUT2D eigenvalue weighted by atomic mass is 16.2. The number of nitrogens with one attached hydrogen (secondary N) is 2. The molecule has 29 heavy (non-hydrogen) atoms. The third-order valence-electron chi connectivity index (χ3n) is 4.38. The molecule has 6 heteroatoms. The van der Waals surface area contributed by atoms with Gasteiger partial charge in [0.15, 0.2) is 0 Å². The fraction of sp³-hybridized carbons (Fsp3) is 0.0870. The van der Waals surface area contributed by atoms with Gasteiger partial charge in [-0.25, -0.2) is 5.01 Å². The largest absolute Gasteiger partial charge is 0.384 e. The molecule has 0 heterocycles. The van der Waals surface area contributed by atoms with E-state index in [1.54, 1.807) is 42.5 Å². The molecule has 0 saturated heterocycles. The van der Waals surface area contributed by atoms with Crippen LogP contribution in [0.3, 0.4) is 0 Å². The quantitative estimate of drug-likeness (QED) is 0.344. The van der Waals surface area contributed by atoms with Gasteiger partial charge in [0.1, 0.15) is 5.84 Å². The molecule has 0 aromatic heterocycles. The van der Waals surface area contributed by atoms with Crippen LogP contribution >= 0.6 is 0 Å². The topological polar surface area (TPSA) is 99.3 Å². The second-order valence-corrected chi connectivity index (χ2v) is 6.49. The van der Waals surface area contributed by atoms with Gasteiger partial charge < -0.3 is 5.73 Å². The number of amidine groups is 1. The fourth-order valence-corrected chi connectivity index (χ4v) is 2.85. The van der Waals surface area contributed by atoms with Crippen LogP contribution in [-0.2, 0) is 11.2 Å². The molecule has 4 N–H and O–H groups in total. The number of aryl methyl sites for hydroxylation is 1. The lowest BCUT2D eigenvalue weighted by atomic mass is 10.1. The van der Waals surface area contributed by atoms with Crippen molar-refractivity contribution in [2.24, 2.45) is 5.73 Å². The number of nitrogen functional groups attached to an aromatic ring is 1. The number of carbonyl (C=O) groups excluding carboxylic acids is 2. The Morgan fingerprint density at radius 1 is 0.862 bits per heavy atom. The van der Waals surface area contributed by atoms with Crippen LogP contribution in [0.5, 0.6) is 0 Å². The summed E-state index contributed by atoms with van der Waals surface area (Å²) < 4.78 is 0. The van der Waals surface area contributed by atoms with Crippen LogP contribution in [0.15, 0.2) is 84.9 Å². The molecule has 146 valence electrons. The van der Waals surface area contributed by atoms with Crippen molar-refractivity contribution in [1.82, 2.24) is 5.43 Å². The van der Waals surface area contributed by atoms with E-state index in [0.29, 0.717) is 23.2 Å². The minimum atomic E-state index is -0.454. The second-order valence-electron chi connectivity index (χ2n) is 6.49. The molecular formula is C23H22N4O2. The molecule has 0 fully saturated rings. The molecular weight excluding hydrogens is 364 g/mol. The minimum absolute atomic E-state index is 0.126. The number of para-hydroxylation sites is 1. The summed E-state index contributed by atoms with van der Waals surface area (Å²) >= 11 is 0. The van der Waals surface area contributed by atoms with E-state index in [9.17, 15) is 9.59 Å². The van der Waals surface area contributed by atoms with Crippen molar-refractivity contribution >= 4 is 23.3 Å². The molecule has 0 aliphatic carbocycles. The summed E-state index contributed by atoms with van der Waals surface area (Å²) in [5, 5.41) is 8.80. The zero-order valence-electron chi connectivity index (χ0n) is 15.8. The van der Waals surface area contributed by atoms with Crippen molar-refractivity contribution in [3.8, 4) is 0 Å². The van der Waals surface area contributed by atoms with E-state index in [0.717, 1.165) is 5.56 Å². The van der Waals surface area contributed by atoms with Crippen molar-refractivity contribution in [3.63, 3.8) is 0 Å². The Hall–Kier alpha value is -3.93. The van der Waals surface area contributed by atoms with Crippen molar-refractivity contribution in [2.45, 2.75) is 12.8 Å². The molecule has 0 bridgehead atoms.